The van der Waals surface area contributed by atoms with Gasteiger partial charge >= 0.3 is 0 Å². The SMILES string of the molecule is Cc1cccc(OC[C@@H](O)CNC(=O)c2cccnc2SCc2cc(C)on2)c1. The van der Waals surface area contributed by atoms with Crippen LogP contribution in [0.3, 0.4) is 0 Å². The lowest BCUT2D eigenvalue weighted by Gasteiger charge is -2.14. The summed E-state index contributed by atoms with van der Waals surface area (Å²) in [6.07, 6.45) is 0.808. The molecule has 0 aliphatic rings. The first-order valence-electron chi connectivity index (χ1n) is 9.17. The lowest BCUT2D eigenvalue weighted by Crippen LogP contribution is -2.35. The number of aryl methyl sites for hydroxylation is 2. The van der Waals surface area contributed by atoms with Crippen LogP contribution in [-0.2, 0) is 5.75 Å². The van der Waals surface area contributed by atoms with Crippen LogP contribution in [0.25, 0.3) is 0 Å². The summed E-state index contributed by atoms with van der Waals surface area (Å²) in [6, 6.07) is 12.8. The fraction of sp³-hybridized carbons (Fsp3) is 0.286. The summed E-state index contributed by atoms with van der Waals surface area (Å²) in [4.78, 5) is 16.8. The Morgan fingerprint density at radius 3 is 2.90 bits per heavy atom. The molecule has 0 saturated heterocycles. The van der Waals surface area contributed by atoms with Crippen molar-refractivity contribution in [2.45, 2.75) is 30.7 Å². The van der Waals surface area contributed by atoms with E-state index in [-0.39, 0.29) is 19.1 Å². The van der Waals surface area contributed by atoms with Crippen molar-refractivity contribution >= 4 is 17.7 Å². The van der Waals surface area contributed by atoms with E-state index < -0.39 is 6.10 Å². The first-order chi connectivity index (χ1) is 14.0. The number of ether oxygens (including phenoxy) is 1. The normalized spacial score (nSPS) is 11.8. The van der Waals surface area contributed by atoms with Gasteiger partial charge in [-0.05, 0) is 43.7 Å². The minimum absolute atomic E-state index is 0.0755. The number of nitrogens with zero attached hydrogens (tertiary/aromatic N) is 2. The van der Waals surface area contributed by atoms with Crippen LogP contribution in [0.2, 0.25) is 0 Å². The van der Waals surface area contributed by atoms with E-state index in [0.717, 1.165) is 17.0 Å². The Hall–Kier alpha value is -2.84. The Kier molecular flexibility index (Phi) is 7.26. The predicted molar refractivity (Wildman–Crippen MR) is 110 cm³/mol. The van der Waals surface area contributed by atoms with Crippen molar-refractivity contribution in [2.75, 3.05) is 13.2 Å². The van der Waals surface area contributed by atoms with Crippen molar-refractivity contribution in [3.05, 3.63) is 71.2 Å². The van der Waals surface area contributed by atoms with E-state index in [1.54, 1.807) is 18.3 Å². The summed E-state index contributed by atoms with van der Waals surface area (Å²) in [5.74, 6) is 1.67. The van der Waals surface area contributed by atoms with Gasteiger partial charge in [0.2, 0.25) is 0 Å². The van der Waals surface area contributed by atoms with Crippen LogP contribution < -0.4 is 10.1 Å². The third-order valence-corrected chi connectivity index (χ3v) is 5.02. The second-order valence-electron chi connectivity index (χ2n) is 6.57. The van der Waals surface area contributed by atoms with E-state index in [0.29, 0.717) is 22.1 Å². The molecule has 0 bridgehead atoms. The quantitative estimate of drug-likeness (QED) is 0.520. The summed E-state index contributed by atoms with van der Waals surface area (Å²) in [6.45, 7) is 3.96. The number of benzene rings is 1. The first-order valence-corrected chi connectivity index (χ1v) is 10.2. The molecule has 3 rings (SSSR count). The van der Waals surface area contributed by atoms with Gasteiger partial charge in [-0.2, -0.15) is 0 Å². The molecule has 1 aromatic carbocycles. The van der Waals surface area contributed by atoms with E-state index in [4.69, 9.17) is 9.26 Å². The van der Waals surface area contributed by atoms with Crippen molar-refractivity contribution in [1.82, 2.24) is 15.5 Å². The van der Waals surface area contributed by atoms with Gasteiger partial charge in [0.05, 0.1) is 11.3 Å². The van der Waals surface area contributed by atoms with E-state index in [2.05, 4.69) is 15.5 Å². The predicted octanol–water partition coefficient (Wildman–Crippen LogP) is 3.15. The van der Waals surface area contributed by atoms with Gasteiger partial charge in [-0.3, -0.25) is 4.79 Å². The molecule has 7 nitrogen and oxygen atoms in total. The molecule has 0 fully saturated rings. The van der Waals surface area contributed by atoms with Gasteiger partial charge < -0.3 is 19.7 Å². The summed E-state index contributed by atoms with van der Waals surface area (Å²) in [5, 5.41) is 17.4. The average Bonchev–Trinajstić information content (AvgIpc) is 3.14. The number of rotatable bonds is 9. The number of carbonyl (C=O) groups is 1. The highest BCUT2D eigenvalue weighted by atomic mass is 32.2. The summed E-state index contributed by atoms with van der Waals surface area (Å²) in [5.41, 5.74) is 2.31. The smallest absolute Gasteiger partial charge is 0.254 e. The monoisotopic (exact) mass is 413 g/mol. The molecule has 0 spiro atoms. The van der Waals surface area contributed by atoms with Crippen LogP contribution in [0.1, 0.15) is 27.4 Å². The minimum atomic E-state index is -0.828. The van der Waals surface area contributed by atoms with Crippen molar-refractivity contribution in [2.24, 2.45) is 0 Å². The Morgan fingerprint density at radius 2 is 2.14 bits per heavy atom. The van der Waals surface area contributed by atoms with E-state index >= 15 is 0 Å². The maximum absolute atomic E-state index is 12.6. The molecule has 3 aromatic rings. The van der Waals surface area contributed by atoms with E-state index in [9.17, 15) is 9.90 Å². The molecule has 0 unspecified atom stereocenters. The van der Waals surface area contributed by atoms with Crippen molar-refractivity contribution < 1.29 is 19.2 Å². The number of carbonyl (C=O) groups excluding carboxylic acids is 1. The highest BCUT2D eigenvalue weighted by molar-refractivity contribution is 7.98. The molecule has 8 heteroatoms. The molecule has 0 saturated carbocycles. The van der Waals surface area contributed by atoms with Crippen molar-refractivity contribution in [3.8, 4) is 5.75 Å². The molecular formula is C21H23N3O4S. The first kappa shape index (κ1) is 20.9. The number of aromatic nitrogens is 2. The van der Waals surface area contributed by atoms with Crippen LogP contribution in [0, 0.1) is 13.8 Å². The fourth-order valence-electron chi connectivity index (χ4n) is 2.57. The number of aliphatic hydroxyl groups excluding tert-OH is 1. The highest BCUT2D eigenvalue weighted by Crippen LogP contribution is 2.24. The third-order valence-electron chi connectivity index (χ3n) is 3.98. The van der Waals surface area contributed by atoms with Crippen LogP contribution in [0.15, 0.2) is 58.2 Å². The van der Waals surface area contributed by atoms with Gasteiger partial charge in [-0.1, -0.05) is 29.1 Å². The van der Waals surface area contributed by atoms with Crippen LogP contribution in [0.5, 0.6) is 5.75 Å². The number of hydrogen-bond acceptors (Lipinski definition) is 7. The summed E-state index contributed by atoms with van der Waals surface area (Å²) >= 11 is 1.40. The van der Waals surface area contributed by atoms with E-state index in [1.807, 2.05) is 44.2 Å². The summed E-state index contributed by atoms with van der Waals surface area (Å²) < 4.78 is 10.6. The molecule has 0 aliphatic heterocycles. The topological polar surface area (TPSA) is 97.5 Å². The van der Waals surface area contributed by atoms with Gasteiger partial charge in [0.25, 0.3) is 5.91 Å². The zero-order valence-electron chi connectivity index (χ0n) is 16.3. The van der Waals surface area contributed by atoms with Gasteiger partial charge in [-0.15, -0.1) is 0 Å². The minimum Gasteiger partial charge on any atom is -0.491 e. The number of amides is 1. The molecule has 29 heavy (non-hydrogen) atoms. The maximum Gasteiger partial charge on any atom is 0.254 e. The van der Waals surface area contributed by atoms with Crippen molar-refractivity contribution in [3.63, 3.8) is 0 Å². The van der Waals surface area contributed by atoms with Gasteiger partial charge in [-0.25, -0.2) is 4.98 Å². The standard InChI is InChI=1S/C21H23N3O4S/c1-14-5-3-6-18(9-14)27-12-17(25)11-23-20(26)19-7-4-8-22-21(19)29-13-16-10-15(2)28-24-16/h3-10,17,25H,11-13H2,1-2H3,(H,23,26)/t17-/m0/s1. The van der Waals surface area contributed by atoms with Gasteiger partial charge in [0, 0.05) is 24.6 Å². The van der Waals surface area contributed by atoms with Crippen LogP contribution >= 0.6 is 11.8 Å². The second kappa shape index (κ2) is 10.1. The lowest BCUT2D eigenvalue weighted by atomic mass is 10.2. The average molecular weight is 413 g/mol. The Labute approximate surface area is 173 Å². The Morgan fingerprint density at radius 1 is 1.28 bits per heavy atom. The van der Waals surface area contributed by atoms with Crippen molar-refractivity contribution in [1.29, 1.82) is 0 Å². The van der Waals surface area contributed by atoms with Gasteiger partial charge in [0.1, 0.15) is 29.2 Å². The Balaban J connectivity index is 1.51. The Bertz CT molecular complexity index is 960. The number of thioether (sulfide) groups is 1. The summed E-state index contributed by atoms with van der Waals surface area (Å²) in [7, 11) is 0. The van der Waals surface area contributed by atoms with Crippen LogP contribution in [0.4, 0.5) is 0 Å². The largest absolute Gasteiger partial charge is 0.491 e. The lowest BCUT2D eigenvalue weighted by molar-refractivity contribution is 0.0841. The zero-order valence-corrected chi connectivity index (χ0v) is 17.1. The molecular weight excluding hydrogens is 390 g/mol. The molecule has 1 amide bonds. The number of aliphatic hydroxyl groups is 1. The van der Waals surface area contributed by atoms with E-state index in [1.165, 1.54) is 11.8 Å². The fourth-order valence-corrected chi connectivity index (χ4v) is 3.44. The molecule has 2 aromatic heterocycles. The molecule has 0 aliphatic carbocycles. The van der Waals surface area contributed by atoms with Crippen LogP contribution in [-0.4, -0.2) is 40.4 Å². The molecule has 0 radical (unpaired) electrons. The maximum atomic E-state index is 12.6. The number of pyridine rings is 1. The second-order valence-corrected chi connectivity index (χ2v) is 7.53. The molecule has 1 atom stereocenters. The third kappa shape index (κ3) is 6.33. The molecule has 2 heterocycles. The molecule has 2 N–H and O–H groups in total. The van der Waals surface area contributed by atoms with Gasteiger partial charge in [0.15, 0.2) is 0 Å². The molecule has 152 valence electrons. The zero-order chi connectivity index (χ0) is 20.6. The number of hydrogen-bond donors (Lipinski definition) is 2. The highest BCUT2D eigenvalue weighted by Gasteiger charge is 2.15. The number of nitrogens with one attached hydrogen (secondary N) is 1.